The molecule has 142 valence electrons. The number of thiocarbonyl (C=S) groups is 1. The molecule has 0 saturated carbocycles. The third-order valence-electron chi connectivity index (χ3n) is 3.12. The van der Waals surface area contributed by atoms with Crippen molar-refractivity contribution in [2.75, 3.05) is 11.9 Å². The Morgan fingerprint density at radius 3 is 2.56 bits per heavy atom. The summed E-state index contributed by atoms with van der Waals surface area (Å²) in [5.41, 5.74) is 1.80. The predicted molar refractivity (Wildman–Crippen MR) is 98.0 cm³/mol. The summed E-state index contributed by atoms with van der Waals surface area (Å²) in [7, 11) is 0. The molecule has 0 fully saturated rings. The quantitative estimate of drug-likeness (QED) is 0.393. The molecule has 0 radical (unpaired) electrons. The number of benzene rings is 2. The molecule has 0 heterocycles. The van der Waals surface area contributed by atoms with Crippen LogP contribution in [0, 0.1) is 0 Å². The van der Waals surface area contributed by atoms with Gasteiger partial charge >= 0.3 is 12.1 Å². The number of para-hydroxylation sites is 2. The highest BCUT2D eigenvalue weighted by atomic mass is 32.1. The molecule has 0 aromatic heterocycles. The lowest BCUT2D eigenvalue weighted by molar-refractivity contribution is -0.139. The number of halogens is 3. The van der Waals surface area contributed by atoms with Gasteiger partial charge in [-0.25, -0.2) is 4.79 Å². The first-order chi connectivity index (χ1) is 12.8. The zero-order valence-electron chi connectivity index (χ0n) is 13.7. The number of anilines is 1. The number of carboxylic acids is 1. The van der Waals surface area contributed by atoms with Crippen LogP contribution in [0.25, 0.3) is 0 Å². The highest BCUT2D eigenvalue weighted by Crippen LogP contribution is 2.34. The first kappa shape index (κ1) is 20.2. The minimum absolute atomic E-state index is 0.146. The molecule has 0 atom stereocenters. The van der Waals surface area contributed by atoms with Gasteiger partial charge in [-0.3, -0.25) is 5.43 Å². The fourth-order valence-corrected chi connectivity index (χ4v) is 2.17. The Balaban J connectivity index is 2.02. The Morgan fingerprint density at radius 1 is 1.19 bits per heavy atom. The van der Waals surface area contributed by atoms with Crippen LogP contribution in [0.15, 0.2) is 53.6 Å². The first-order valence-electron chi connectivity index (χ1n) is 7.47. The summed E-state index contributed by atoms with van der Waals surface area (Å²) in [6.45, 7) is -0.521. The normalized spacial score (nSPS) is 11.2. The van der Waals surface area contributed by atoms with E-state index in [1.165, 1.54) is 24.4 Å². The van der Waals surface area contributed by atoms with Gasteiger partial charge in [-0.2, -0.15) is 18.3 Å². The van der Waals surface area contributed by atoms with Crippen molar-refractivity contribution in [2.24, 2.45) is 5.10 Å². The molecule has 0 spiro atoms. The van der Waals surface area contributed by atoms with Gasteiger partial charge in [0.15, 0.2) is 11.7 Å². The molecular formula is C17H14F3N3O3S. The molecule has 6 nitrogen and oxygen atoms in total. The summed E-state index contributed by atoms with van der Waals surface area (Å²) in [5, 5.41) is 14.8. The topological polar surface area (TPSA) is 83.0 Å². The van der Waals surface area contributed by atoms with Crippen LogP contribution < -0.4 is 15.5 Å². The summed E-state index contributed by atoms with van der Waals surface area (Å²) in [5.74, 6) is -0.847. The Morgan fingerprint density at radius 2 is 1.85 bits per heavy atom. The monoisotopic (exact) mass is 397 g/mol. The number of aliphatic carboxylic acids is 1. The van der Waals surface area contributed by atoms with E-state index in [-0.39, 0.29) is 16.5 Å². The molecule has 3 N–H and O–H groups in total. The molecule has 2 rings (SSSR count). The SMILES string of the molecule is O=C(O)COc1ccccc1/C=N/NC(=S)Nc1ccccc1C(F)(F)F. The maximum Gasteiger partial charge on any atom is 0.418 e. The van der Waals surface area contributed by atoms with Crippen molar-refractivity contribution in [3.8, 4) is 5.75 Å². The zero-order valence-corrected chi connectivity index (χ0v) is 14.5. The lowest BCUT2D eigenvalue weighted by Crippen LogP contribution is -2.25. The summed E-state index contributed by atoms with van der Waals surface area (Å²) in [6, 6.07) is 11.4. The van der Waals surface area contributed by atoms with Gasteiger partial charge in [-0.15, -0.1) is 0 Å². The Bertz CT molecular complexity index is 857. The van der Waals surface area contributed by atoms with E-state index < -0.39 is 24.3 Å². The van der Waals surface area contributed by atoms with Gasteiger partial charge in [0.1, 0.15) is 5.75 Å². The summed E-state index contributed by atoms with van der Waals surface area (Å²) < 4.78 is 44.0. The standard InChI is InChI=1S/C17H14F3N3O3S/c18-17(19,20)12-6-2-3-7-13(12)22-16(27)23-21-9-11-5-1-4-8-14(11)26-10-15(24)25/h1-9H,10H2,(H,24,25)(H2,22,23,27)/b21-9+. The highest BCUT2D eigenvalue weighted by Gasteiger charge is 2.33. The van der Waals surface area contributed by atoms with Crippen LogP contribution in [-0.2, 0) is 11.0 Å². The average Bonchev–Trinajstić information content (AvgIpc) is 2.60. The van der Waals surface area contributed by atoms with Gasteiger partial charge in [-0.1, -0.05) is 24.3 Å². The molecule has 0 aliphatic rings. The second-order valence-corrected chi connectivity index (χ2v) is 5.50. The number of hydrazone groups is 1. The number of nitrogens with one attached hydrogen (secondary N) is 2. The van der Waals surface area contributed by atoms with Crippen LogP contribution in [0.1, 0.15) is 11.1 Å². The number of hydrogen-bond acceptors (Lipinski definition) is 4. The average molecular weight is 397 g/mol. The van der Waals surface area contributed by atoms with E-state index in [4.69, 9.17) is 22.1 Å². The van der Waals surface area contributed by atoms with Crippen molar-refractivity contribution in [1.82, 2.24) is 5.43 Å². The Labute approximate surface area is 157 Å². The predicted octanol–water partition coefficient (Wildman–Crippen LogP) is 3.49. The van der Waals surface area contributed by atoms with Crippen molar-refractivity contribution in [2.45, 2.75) is 6.18 Å². The van der Waals surface area contributed by atoms with Crippen LogP contribution in [0.4, 0.5) is 18.9 Å². The summed E-state index contributed by atoms with van der Waals surface area (Å²) in [6.07, 6.45) is -3.22. The van der Waals surface area contributed by atoms with Crippen molar-refractivity contribution < 1.29 is 27.8 Å². The summed E-state index contributed by atoms with van der Waals surface area (Å²) in [4.78, 5) is 10.6. The Hall–Kier alpha value is -3.14. The molecule has 0 saturated heterocycles. The number of nitrogens with zero attached hydrogens (tertiary/aromatic N) is 1. The maximum absolute atomic E-state index is 13.0. The molecule has 0 amide bonds. The van der Waals surface area contributed by atoms with E-state index in [1.54, 1.807) is 24.3 Å². The molecule has 10 heteroatoms. The maximum atomic E-state index is 13.0. The van der Waals surface area contributed by atoms with Gasteiger partial charge in [-0.05, 0) is 36.5 Å². The van der Waals surface area contributed by atoms with E-state index in [0.717, 1.165) is 6.07 Å². The second-order valence-electron chi connectivity index (χ2n) is 5.09. The van der Waals surface area contributed by atoms with Gasteiger partial charge < -0.3 is 15.2 Å². The van der Waals surface area contributed by atoms with Crippen molar-refractivity contribution in [3.63, 3.8) is 0 Å². The molecule has 0 aliphatic carbocycles. The lowest BCUT2D eigenvalue weighted by atomic mass is 10.2. The van der Waals surface area contributed by atoms with Gasteiger partial charge in [0, 0.05) is 5.56 Å². The van der Waals surface area contributed by atoms with Crippen LogP contribution in [0.5, 0.6) is 5.75 Å². The first-order valence-corrected chi connectivity index (χ1v) is 7.88. The number of ether oxygens (including phenoxy) is 1. The summed E-state index contributed by atoms with van der Waals surface area (Å²) >= 11 is 4.94. The highest BCUT2D eigenvalue weighted by molar-refractivity contribution is 7.80. The van der Waals surface area contributed by atoms with Crippen molar-refractivity contribution in [1.29, 1.82) is 0 Å². The van der Waals surface area contributed by atoms with Gasteiger partial charge in [0.05, 0.1) is 17.5 Å². The molecular weight excluding hydrogens is 383 g/mol. The fraction of sp³-hybridized carbons (Fsp3) is 0.118. The van der Waals surface area contributed by atoms with E-state index in [2.05, 4.69) is 15.8 Å². The van der Waals surface area contributed by atoms with Crippen LogP contribution >= 0.6 is 12.2 Å². The number of hydrogen-bond donors (Lipinski definition) is 3. The molecule has 0 aliphatic heterocycles. The molecule has 27 heavy (non-hydrogen) atoms. The second kappa shape index (κ2) is 8.99. The zero-order chi connectivity index (χ0) is 19.9. The molecule has 0 bridgehead atoms. The van der Waals surface area contributed by atoms with Gasteiger partial charge in [0.2, 0.25) is 0 Å². The van der Waals surface area contributed by atoms with Crippen LogP contribution in [0.3, 0.4) is 0 Å². The molecule has 0 unspecified atom stereocenters. The minimum atomic E-state index is -4.52. The number of rotatable bonds is 6. The van der Waals surface area contributed by atoms with Gasteiger partial charge in [0.25, 0.3) is 0 Å². The van der Waals surface area contributed by atoms with Crippen molar-refractivity contribution >= 4 is 35.2 Å². The van der Waals surface area contributed by atoms with E-state index in [0.29, 0.717) is 5.56 Å². The smallest absolute Gasteiger partial charge is 0.418 e. The third-order valence-corrected chi connectivity index (χ3v) is 3.31. The van der Waals surface area contributed by atoms with Crippen LogP contribution in [0.2, 0.25) is 0 Å². The van der Waals surface area contributed by atoms with E-state index in [9.17, 15) is 18.0 Å². The minimum Gasteiger partial charge on any atom is -0.481 e. The third kappa shape index (κ3) is 6.26. The number of carboxylic acid groups (broad SMARTS) is 1. The Kier molecular flexibility index (Phi) is 6.72. The largest absolute Gasteiger partial charge is 0.481 e. The van der Waals surface area contributed by atoms with Crippen LogP contribution in [-0.4, -0.2) is 29.0 Å². The van der Waals surface area contributed by atoms with E-state index >= 15 is 0 Å². The number of alkyl halides is 3. The number of carbonyl (C=O) groups is 1. The van der Waals surface area contributed by atoms with E-state index in [1.807, 2.05) is 0 Å². The molecule has 2 aromatic rings. The van der Waals surface area contributed by atoms with Crippen molar-refractivity contribution in [3.05, 3.63) is 59.7 Å². The molecule has 2 aromatic carbocycles. The lowest BCUT2D eigenvalue weighted by Gasteiger charge is -2.14. The fourth-order valence-electron chi connectivity index (χ4n) is 2.01.